The quantitative estimate of drug-likeness (QED) is 0.680. The third-order valence-electron chi connectivity index (χ3n) is 2.46. The van der Waals surface area contributed by atoms with Crippen LogP contribution in [0.3, 0.4) is 0 Å². The molecule has 0 unspecified atom stereocenters. The number of carbonyl (C=O) groups excluding carboxylic acids is 1. The Morgan fingerprint density at radius 1 is 1.21 bits per heavy atom. The summed E-state index contributed by atoms with van der Waals surface area (Å²) in [5.74, 6) is 0.0426. The Morgan fingerprint density at radius 2 is 1.95 bits per heavy atom. The second-order valence-electron chi connectivity index (χ2n) is 3.99. The Bertz CT molecular complexity index is 333. The molecule has 0 radical (unpaired) electrons. The molecule has 0 spiro atoms. The second-order valence-corrected chi connectivity index (χ2v) is 3.99. The number of hydrogen-bond acceptors (Lipinski definition) is 3. The molecule has 108 valence electrons. The van der Waals surface area contributed by atoms with Gasteiger partial charge in [0.15, 0.2) is 0 Å². The van der Waals surface area contributed by atoms with Gasteiger partial charge in [-0.25, -0.2) is 0 Å². The molecule has 0 bridgehead atoms. The number of benzene rings is 1. The maximum Gasteiger partial charge on any atom is 0.222 e. The van der Waals surface area contributed by atoms with Gasteiger partial charge in [0.1, 0.15) is 0 Å². The van der Waals surface area contributed by atoms with Crippen LogP contribution in [-0.4, -0.2) is 32.1 Å². The Hall–Kier alpha value is -1.10. The summed E-state index contributed by atoms with van der Waals surface area (Å²) in [7, 11) is 0. The van der Waals surface area contributed by atoms with Gasteiger partial charge in [-0.3, -0.25) is 4.79 Å². The number of hydrogen-bond donors (Lipinski definition) is 2. The van der Waals surface area contributed by atoms with Crippen molar-refractivity contribution in [3.63, 3.8) is 0 Å². The number of ether oxygens (including phenoxy) is 1. The number of rotatable bonds is 9. The molecule has 1 aromatic rings. The van der Waals surface area contributed by atoms with Gasteiger partial charge in [-0.15, -0.1) is 12.4 Å². The van der Waals surface area contributed by atoms with E-state index < -0.39 is 0 Å². The number of amides is 1. The lowest BCUT2D eigenvalue weighted by Crippen LogP contribution is -2.32. The normalized spacial score (nSPS) is 9.74. The molecule has 1 aromatic carbocycles. The number of nitrogens with one attached hydrogen (secondary N) is 2. The van der Waals surface area contributed by atoms with Crippen LogP contribution >= 0.6 is 12.4 Å². The minimum Gasteiger partial charge on any atom is -0.376 e. The van der Waals surface area contributed by atoms with Crippen LogP contribution in [0.15, 0.2) is 30.3 Å². The highest BCUT2D eigenvalue weighted by molar-refractivity contribution is 5.85. The van der Waals surface area contributed by atoms with E-state index in [1.54, 1.807) is 0 Å². The van der Waals surface area contributed by atoms with Gasteiger partial charge in [0, 0.05) is 19.5 Å². The first-order valence-electron chi connectivity index (χ1n) is 6.42. The molecule has 2 N–H and O–H groups in total. The van der Waals surface area contributed by atoms with Crippen LogP contribution in [0, 0.1) is 0 Å². The smallest absolute Gasteiger partial charge is 0.222 e. The van der Waals surface area contributed by atoms with Gasteiger partial charge < -0.3 is 15.4 Å². The number of halogens is 1. The fourth-order valence-corrected chi connectivity index (χ4v) is 1.48. The molecular formula is C14H23ClN2O2. The summed E-state index contributed by atoms with van der Waals surface area (Å²) in [6.07, 6.45) is 0.416. The zero-order valence-corrected chi connectivity index (χ0v) is 12.2. The van der Waals surface area contributed by atoms with Gasteiger partial charge in [0.2, 0.25) is 5.91 Å². The Morgan fingerprint density at radius 3 is 2.63 bits per heavy atom. The molecule has 0 heterocycles. The van der Waals surface area contributed by atoms with E-state index in [1.807, 2.05) is 37.3 Å². The van der Waals surface area contributed by atoms with Crippen LogP contribution < -0.4 is 10.6 Å². The van der Waals surface area contributed by atoms with Crippen molar-refractivity contribution in [3.05, 3.63) is 35.9 Å². The van der Waals surface area contributed by atoms with E-state index in [-0.39, 0.29) is 18.3 Å². The number of carbonyl (C=O) groups is 1. The van der Waals surface area contributed by atoms with Crippen LogP contribution in [0.4, 0.5) is 0 Å². The van der Waals surface area contributed by atoms with E-state index >= 15 is 0 Å². The van der Waals surface area contributed by atoms with E-state index in [2.05, 4.69) is 10.6 Å². The first-order chi connectivity index (χ1) is 8.83. The predicted octanol–water partition coefficient (Wildman–Crippen LogP) is 1.74. The summed E-state index contributed by atoms with van der Waals surface area (Å²) < 4.78 is 5.44. The molecule has 0 fully saturated rings. The minimum absolute atomic E-state index is 0. The number of likely N-dealkylation sites (N-methyl/N-ethyl adjacent to an activating group) is 1. The third-order valence-corrected chi connectivity index (χ3v) is 2.46. The van der Waals surface area contributed by atoms with Crippen molar-refractivity contribution in [2.75, 3.05) is 26.2 Å². The second kappa shape index (κ2) is 12.0. The summed E-state index contributed by atoms with van der Waals surface area (Å²) in [5, 5.41) is 5.98. The van der Waals surface area contributed by atoms with Crippen LogP contribution in [0.1, 0.15) is 18.9 Å². The SMILES string of the molecule is CCNCCNC(=O)CCOCc1ccccc1.Cl. The van der Waals surface area contributed by atoms with E-state index in [4.69, 9.17) is 4.74 Å². The van der Waals surface area contributed by atoms with Crippen molar-refractivity contribution in [2.45, 2.75) is 20.0 Å². The van der Waals surface area contributed by atoms with Crippen LogP contribution in [-0.2, 0) is 16.1 Å². The molecule has 0 aromatic heterocycles. The molecule has 0 aliphatic carbocycles. The Kier molecular flexibility index (Phi) is 11.3. The van der Waals surface area contributed by atoms with Crippen molar-refractivity contribution in [3.8, 4) is 0 Å². The average Bonchev–Trinajstić information content (AvgIpc) is 2.41. The zero-order valence-electron chi connectivity index (χ0n) is 11.4. The summed E-state index contributed by atoms with van der Waals surface area (Å²) >= 11 is 0. The molecule has 4 nitrogen and oxygen atoms in total. The van der Waals surface area contributed by atoms with Gasteiger partial charge in [-0.2, -0.15) is 0 Å². The van der Waals surface area contributed by atoms with Crippen LogP contribution in [0.25, 0.3) is 0 Å². The fraction of sp³-hybridized carbons (Fsp3) is 0.500. The molecular weight excluding hydrogens is 264 g/mol. The van der Waals surface area contributed by atoms with Crippen molar-refractivity contribution in [1.29, 1.82) is 0 Å². The summed E-state index contributed by atoms with van der Waals surface area (Å²) in [4.78, 5) is 11.4. The predicted molar refractivity (Wildman–Crippen MR) is 79.5 cm³/mol. The molecule has 0 atom stereocenters. The fourth-order valence-electron chi connectivity index (χ4n) is 1.48. The van der Waals surface area contributed by atoms with Crippen molar-refractivity contribution >= 4 is 18.3 Å². The molecule has 0 aliphatic rings. The molecule has 5 heteroatoms. The van der Waals surface area contributed by atoms with Gasteiger partial charge in [-0.1, -0.05) is 37.3 Å². The molecule has 1 amide bonds. The van der Waals surface area contributed by atoms with Crippen LogP contribution in [0.5, 0.6) is 0 Å². The standard InChI is InChI=1S/C14H22N2O2.ClH/c1-2-15-9-10-16-14(17)8-11-18-12-13-6-4-3-5-7-13;/h3-7,15H,2,8-12H2,1H3,(H,16,17);1H. The highest BCUT2D eigenvalue weighted by Gasteiger charge is 2.00. The topological polar surface area (TPSA) is 50.4 Å². The van der Waals surface area contributed by atoms with Crippen molar-refractivity contribution in [2.24, 2.45) is 0 Å². The van der Waals surface area contributed by atoms with Gasteiger partial charge in [-0.05, 0) is 12.1 Å². The Balaban J connectivity index is 0.00000324. The maximum atomic E-state index is 11.4. The first-order valence-corrected chi connectivity index (χ1v) is 6.42. The lowest BCUT2D eigenvalue weighted by molar-refractivity contribution is -0.122. The highest BCUT2D eigenvalue weighted by Crippen LogP contribution is 2.00. The molecule has 0 saturated heterocycles. The lowest BCUT2D eigenvalue weighted by atomic mass is 10.2. The largest absolute Gasteiger partial charge is 0.376 e. The van der Waals surface area contributed by atoms with Gasteiger partial charge in [0.25, 0.3) is 0 Å². The molecule has 19 heavy (non-hydrogen) atoms. The summed E-state index contributed by atoms with van der Waals surface area (Å²) in [6, 6.07) is 9.95. The van der Waals surface area contributed by atoms with E-state index in [0.29, 0.717) is 26.2 Å². The lowest BCUT2D eigenvalue weighted by Gasteiger charge is -2.06. The zero-order chi connectivity index (χ0) is 13.1. The van der Waals surface area contributed by atoms with Crippen molar-refractivity contribution in [1.82, 2.24) is 10.6 Å². The van der Waals surface area contributed by atoms with Gasteiger partial charge in [0.05, 0.1) is 13.2 Å². The summed E-state index contributed by atoms with van der Waals surface area (Å²) in [5.41, 5.74) is 1.13. The third kappa shape index (κ3) is 9.47. The highest BCUT2D eigenvalue weighted by atomic mass is 35.5. The van der Waals surface area contributed by atoms with Crippen molar-refractivity contribution < 1.29 is 9.53 Å². The average molecular weight is 287 g/mol. The monoisotopic (exact) mass is 286 g/mol. The minimum atomic E-state index is 0. The molecule has 1 rings (SSSR count). The first kappa shape index (κ1) is 17.9. The van der Waals surface area contributed by atoms with Crippen LogP contribution in [0.2, 0.25) is 0 Å². The summed E-state index contributed by atoms with van der Waals surface area (Å²) in [6.45, 7) is 5.47. The maximum absolute atomic E-state index is 11.4. The van der Waals surface area contributed by atoms with Gasteiger partial charge >= 0.3 is 0 Å². The molecule has 0 saturated carbocycles. The van der Waals surface area contributed by atoms with E-state index in [1.165, 1.54) is 0 Å². The van der Waals surface area contributed by atoms with E-state index in [9.17, 15) is 4.79 Å². The van der Waals surface area contributed by atoms with E-state index in [0.717, 1.165) is 18.7 Å². The Labute approximate surface area is 121 Å². The molecule has 0 aliphatic heterocycles.